The van der Waals surface area contributed by atoms with Gasteiger partial charge in [-0.3, -0.25) is 0 Å². The van der Waals surface area contributed by atoms with Crippen molar-refractivity contribution in [2.24, 2.45) is 5.41 Å². The molecular weight excluding hydrogens is 512 g/mol. The van der Waals surface area contributed by atoms with Crippen molar-refractivity contribution >= 4 is 44.2 Å². The minimum absolute atomic E-state index is 0.130. The van der Waals surface area contributed by atoms with E-state index in [2.05, 4.69) is 151 Å². The van der Waals surface area contributed by atoms with Gasteiger partial charge >= 0.3 is 0 Å². The number of furan rings is 1. The zero-order chi connectivity index (χ0) is 29.2. The van der Waals surface area contributed by atoms with Crippen LogP contribution in [-0.2, 0) is 5.41 Å². The molecule has 2 heterocycles. The maximum absolute atomic E-state index is 6.66. The van der Waals surface area contributed by atoms with E-state index < -0.39 is 0 Å². The molecule has 208 valence electrons. The first-order chi connectivity index (χ1) is 20.0. The Bertz CT molecular complexity index is 2070. The monoisotopic (exact) mass is 548 g/mol. The molecule has 1 aliphatic heterocycles. The van der Waals surface area contributed by atoms with Gasteiger partial charge < -0.3 is 9.15 Å². The number of hydrogen-bond acceptors (Lipinski definition) is 2. The molecule has 0 saturated heterocycles. The summed E-state index contributed by atoms with van der Waals surface area (Å²) in [6.07, 6.45) is 4.43. The molecule has 0 unspecified atom stereocenters. The lowest BCUT2D eigenvalue weighted by atomic mass is 9.83. The van der Waals surface area contributed by atoms with Crippen LogP contribution >= 0.6 is 0 Å². The second-order valence-corrected chi connectivity index (χ2v) is 13.5. The fourth-order valence-electron chi connectivity index (χ4n) is 5.87. The van der Waals surface area contributed by atoms with Crippen molar-refractivity contribution < 1.29 is 9.15 Å². The normalized spacial score (nSPS) is 14.0. The Morgan fingerprint density at radius 2 is 1.12 bits per heavy atom. The van der Waals surface area contributed by atoms with Gasteiger partial charge in [-0.05, 0) is 85.6 Å². The van der Waals surface area contributed by atoms with Gasteiger partial charge in [0.2, 0.25) is 0 Å². The predicted molar refractivity (Wildman–Crippen MR) is 178 cm³/mol. The highest BCUT2D eigenvalue weighted by Crippen LogP contribution is 2.46. The van der Waals surface area contributed by atoms with Crippen molar-refractivity contribution in [3.8, 4) is 17.1 Å². The second-order valence-electron chi connectivity index (χ2n) is 13.5. The van der Waals surface area contributed by atoms with Crippen molar-refractivity contribution in [1.82, 2.24) is 0 Å². The van der Waals surface area contributed by atoms with Gasteiger partial charge in [-0.15, -0.1) is 0 Å². The summed E-state index contributed by atoms with van der Waals surface area (Å²) in [6, 6.07) is 35.0. The lowest BCUT2D eigenvalue weighted by Gasteiger charge is -2.22. The number of ether oxygens (including phenoxy) is 1. The van der Waals surface area contributed by atoms with Crippen LogP contribution in [0.1, 0.15) is 58.2 Å². The van der Waals surface area contributed by atoms with Gasteiger partial charge in [0.25, 0.3) is 5.95 Å². The van der Waals surface area contributed by atoms with Crippen molar-refractivity contribution in [2.75, 3.05) is 0 Å². The molecule has 0 N–H and O–H groups in total. The Balaban J connectivity index is 1.49. The summed E-state index contributed by atoms with van der Waals surface area (Å²) in [5, 5.41) is 6.00. The predicted octanol–water partition coefficient (Wildman–Crippen LogP) is 11.6. The molecule has 1 aromatic heterocycles. The molecule has 1 aliphatic rings. The lowest BCUT2D eigenvalue weighted by molar-refractivity contribution is 0.246. The molecular formula is C40H36O2. The van der Waals surface area contributed by atoms with Crippen LogP contribution in [0.4, 0.5) is 0 Å². The first kappa shape index (κ1) is 26.3. The summed E-state index contributed by atoms with van der Waals surface area (Å²) in [7, 11) is 0. The summed E-state index contributed by atoms with van der Waals surface area (Å²) in [5.41, 5.74) is 7.34. The molecule has 0 aliphatic carbocycles. The van der Waals surface area contributed by atoms with Gasteiger partial charge in [-0.1, -0.05) is 114 Å². The fraction of sp³-hybridized carbons (Fsp3) is 0.200. The lowest BCUT2D eigenvalue weighted by Crippen LogP contribution is -2.14. The average molecular weight is 549 g/mol. The van der Waals surface area contributed by atoms with Crippen LogP contribution in [-0.4, -0.2) is 0 Å². The van der Waals surface area contributed by atoms with Crippen LogP contribution in [0.25, 0.3) is 55.3 Å². The van der Waals surface area contributed by atoms with Crippen LogP contribution in [0, 0.1) is 5.41 Å². The van der Waals surface area contributed by atoms with E-state index in [1.54, 1.807) is 0 Å². The SMILES string of the molecule is CC(C)(C)C1=CC(c2ccc3ccccc3c2)=Cc2c(oc3c(C(C)(C)C)cc(-c4ccc5ccccc5c4)cc23)O1. The zero-order valence-electron chi connectivity index (χ0n) is 25.2. The molecule has 5 aromatic carbocycles. The topological polar surface area (TPSA) is 22.4 Å². The van der Waals surface area contributed by atoms with E-state index >= 15 is 0 Å². The summed E-state index contributed by atoms with van der Waals surface area (Å²) in [4.78, 5) is 0. The van der Waals surface area contributed by atoms with Crippen LogP contribution in [0.15, 0.2) is 113 Å². The maximum atomic E-state index is 6.66. The molecule has 7 rings (SSSR count). The quantitative estimate of drug-likeness (QED) is 0.215. The third kappa shape index (κ3) is 4.61. The third-order valence-corrected chi connectivity index (χ3v) is 8.30. The average Bonchev–Trinajstić information content (AvgIpc) is 3.17. The maximum Gasteiger partial charge on any atom is 0.298 e. The fourth-order valence-corrected chi connectivity index (χ4v) is 5.87. The zero-order valence-corrected chi connectivity index (χ0v) is 25.2. The molecule has 42 heavy (non-hydrogen) atoms. The highest BCUT2D eigenvalue weighted by Gasteiger charge is 2.30. The number of allylic oxidation sites excluding steroid dienone is 3. The van der Waals surface area contributed by atoms with Crippen LogP contribution in [0.2, 0.25) is 0 Å². The minimum Gasteiger partial charge on any atom is -0.429 e. The van der Waals surface area contributed by atoms with Crippen LogP contribution < -0.4 is 4.74 Å². The van der Waals surface area contributed by atoms with Crippen molar-refractivity contribution in [1.29, 1.82) is 0 Å². The van der Waals surface area contributed by atoms with Gasteiger partial charge in [-0.2, -0.15) is 0 Å². The van der Waals surface area contributed by atoms with E-state index in [1.807, 2.05) is 0 Å². The molecule has 0 saturated carbocycles. The molecule has 0 fully saturated rings. The van der Waals surface area contributed by atoms with Crippen molar-refractivity contribution in [3.63, 3.8) is 0 Å². The summed E-state index contributed by atoms with van der Waals surface area (Å²) in [5.74, 6) is 1.44. The summed E-state index contributed by atoms with van der Waals surface area (Å²) in [6.45, 7) is 13.3. The highest BCUT2D eigenvalue weighted by atomic mass is 16.6. The van der Waals surface area contributed by atoms with Gasteiger partial charge in [0.1, 0.15) is 11.3 Å². The van der Waals surface area contributed by atoms with E-state index in [1.165, 1.54) is 38.2 Å². The van der Waals surface area contributed by atoms with Crippen molar-refractivity contribution in [2.45, 2.75) is 47.0 Å². The smallest absolute Gasteiger partial charge is 0.298 e. The molecule has 0 bridgehead atoms. The standard InChI is InChI=1S/C40H36O2/c1-39(2,3)35-23-31(29-17-15-25-11-7-9-13-27(25)19-29)21-33-34-22-32(30-18-16-26-12-8-10-14-28(26)20-30)24-36(40(4,5)6)41-38(34)42-37(33)35/h7-24H,1-6H3. The van der Waals surface area contributed by atoms with E-state index in [-0.39, 0.29) is 10.8 Å². The summed E-state index contributed by atoms with van der Waals surface area (Å²) < 4.78 is 13.3. The minimum atomic E-state index is -0.209. The Hall–Kier alpha value is -4.56. The molecule has 0 spiro atoms. The Labute approximate surface area is 247 Å². The largest absolute Gasteiger partial charge is 0.429 e. The van der Waals surface area contributed by atoms with Crippen LogP contribution in [0.5, 0.6) is 5.95 Å². The molecule has 0 atom stereocenters. The second kappa shape index (κ2) is 9.49. The number of fused-ring (bicyclic) bond motifs is 5. The van der Waals surface area contributed by atoms with Crippen LogP contribution in [0.3, 0.4) is 0 Å². The Morgan fingerprint density at radius 3 is 1.74 bits per heavy atom. The van der Waals surface area contributed by atoms with Gasteiger partial charge in [0, 0.05) is 16.4 Å². The van der Waals surface area contributed by atoms with E-state index in [4.69, 9.17) is 9.15 Å². The molecule has 0 amide bonds. The Kier molecular flexibility index (Phi) is 5.95. The van der Waals surface area contributed by atoms with E-state index in [0.29, 0.717) is 5.95 Å². The molecule has 0 radical (unpaired) electrons. The van der Waals surface area contributed by atoms with E-state index in [0.717, 1.165) is 33.4 Å². The first-order valence-corrected chi connectivity index (χ1v) is 14.8. The highest BCUT2D eigenvalue weighted by molar-refractivity contribution is 6.03. The third-order valence-electron chi connectivity index (χ3n) is 8.30. The van der Waals surface area contributed by atoms with Gasteiger partial charge in [-0.25, -0.2) is 0 Å². The molecule has 2 nitrogen and oxygen atoms in total. The summed E-state index contributed by atoms with van der Waals surface area (Å²) >= 11 is 0. The van der Waals surface area contributed by atoms with E-state index in [9.17, 15) is 0 Å². The number of rotatable bonds is 2. The van der Waals surface area contributed by atoms with Gasteiger partial charge in [0.15, 0.2) is 0 Å². The number of hydrogen-bond donors (Lipinski definition) is 0. The molecule has 6 aromatic rings. The molecule has 2 heteroatoms. The van der Waals surface area contributed by atoms with Gasteiger partial charge in [0.05, 0.1) is 5.56 Å². The van der Waals surface area contributed by atoms with Crippen molar-refractivity contribution in [3.05, 3.63) is 126 Å². The first-order valence-electron chi connectivity index (χ1n) is 14.8. The number of benzene rings is 5. The Morgan fingerprint density at radius 1 is 0.524 bits per heavy atom.